The lowest BCUT2D eigenvalue weighted by atomic mass is 10.1. The van der Waals surface area contributed by atoms with Gasteiger partial charge in [-0.05, 0) is 25.1 Å². The first kappa shape index (κ1) is 20.2. The van der Waals surface area contributed by atoms with Crippen molar-refractivity contribution in [3.05, 3.63) is 23.8 Å². The molecule has 1 heterocycles. The van der Waals surface area contributed by atoms with E-state index in [1.165, 1.54) is 4.90 Å². The lowest BCUT2D eigenvalue weighted by Gasteiger charge is -2.23. The molecule has 2 amide bonds. The average Bonchev–Trinajstić information content (AvgIpc) is 2.56. The van der Waals surface area contributed by atoms with Crippen molar-refractivity contribution in [2.24, 2.45) is 0 Å². The van der Waals surface area contributed by atoms with Gasteiger partial charge >= 0.3 is 0 Å². The molecule has 0 saturated carbocycles. The van der Waals surface area contributed by atoms with E-state index in [0.29, 0.717) is 36.8 Å². The number of amides is 2. The van der Waals surface area contributed by atoms with Crippen molar-refractivity contribution in [1.82, 2.24) is 10.2 Å². The van der Waals surface area contributed by atoms with Gasteiger partial charge in [0.1, 0.15) is 11.9 Å². The largest absolute Gasteiger partial charge is 0.492 e. The Morgan fingerprint density at radius 1 is 1.42 bits per heavy atom. The maximum atomic E-state index is 12.2. The molecule has 1 aromatic carbocycles. The summed E-state index contributed by atoms with van der Waals surface area (Å²) in [6.07, 6.45) is -0.527. The Kier molecular flexibility index (Phi) is 7.97. The minimum absolute atomic E-state index is 0. The highest BCUT2D eigenvalue weighted by Crippen LogP contribution is 2.27. The Labute approximate surface area is 148 Å². The summed E-state index contributed by atoms with van der Waals surface area (Å²) in [5.74, 6) is 0.116. The molecule has 1 aliphatic heterocycles. The van der Waals surface area contributed by atoms with Crippen molar-refractivity contribution in [3.8, 4) is 5.75 Å². The number of halogens is 1. The second kappa shape index (κ2) is 9.46. The normalized spacial score (nSPS) is 16.7. The van der Waals surface area contributed by atoms with Gasteiger partial charge in [-0.2, -0.15) is 0 Å². The van der Waals surface area contributed by atoms with E-state index in [2.05, 4.69) is 10.6 Å². The van der Waals surface area contributed by atoms with Crippen LogP contribution >= 0.6 is 12.4 Å². The van der Waals surface area contributed by atoms with E-state index in [1.807, 2.05) is 6.92 Å². The quantitative estimate of drug-likeness (QED) is 0.826. The highest BCUT2D eigenvalue weighted by atomic mass is 35.5. The van der Waals surface area contributed by atoms with Crippen molar-refractivity contribution < 1.29 is 19.1 Å². The molecule has 0 spiro atoms. The molecule has 2 N–H and O–H groups in total. The van der Waals surface area contributed by atoms with Crippen LogP contribution in [-0.2, 0) is 9.53 Å². The van der Waals surface area contributed by atoms with Crippen molar-refractivity contribution in [2.75, 3.05) is 45.7 Å². The maximum Gasteiger partial charge on any atom is 0.254 e. The SMILES string of the molecule is CCOc1cc(C(=O)N(C)C)ccc1NC(=O)C1CNCCO1.Cl. The number of anilines is 1. The summed E-state index contributed by atoms with van der Waals surface area (Å²) in [4.78, 5) is 25.8. The van der Waals surface area contributed by atoms with Gasteiger partial charge in [-0.25, -0.2) is 0 Å². The van der Waals surface area contributed by atoms with E-state index in [9.17, 15) is 9.59 Å². The molecule has 0 aromatic heterocycles. The number of morpholine rings is 1. The van der Waals surface area contributed by atoms with Gasteiger partial charge in [-0.15, -0.1) is 12.4 Å². The number of carbonyl (C=O) groups is 2. The number of carbonyl (C=O) groups excluding carboxylic acids is 2. The molecule has 1 fully saturated rings. The molecule has 1 aliphatic rings. The van der Waals surface area contributed by atoms with Gasteiger partial charge in [0.25, 0.3) is 11.8 Å². The second-order valence-corrected chi connectivity index (χ2v) is 5.40. The van der Waals surface area contributed by atoms with Gasteiger partial charge in [-0.1, -0.05) is 0 Å². The van der Waals surface area contributed by atoms with Gasteiger partial charge in [0.15, 0.2) is 0 Å². The zero-order valence-electron chi connectivity index (χ0n) is 14.1. The lowest BCUT2D eigenvalue weighted by molar-refractivity contribution is -0.128. The van der Waals surface area contributed by atoms with Crippen molar-refractivity contribution in [1.29, 1.82) is 0 Å². The predicted molar refractivity (Wildman–Crippen MR) is 94.1 cm³/mol. The summed E-state index contributed by atoms with van der Waals surface area (Å²) < 4.78 is 11.0. The van der Waals surface area contributed by atoms with Gasteiger partial charge in [-0.3, -0.25) is 9.59 Å². The topological polar surface area (TPSA) is 79.9 Å². The van der Waals surface area contributed by atoms with E-state index < -0.39 is 6.10 Å². The summed E-state index contributed by atoms with van der Waals surface area (Å²) in [7, 11) is 3.37. The fourth-order valence-electron chi connectivity index (χ4n) is 2.24. The Balaban J connectivity index is 0.00000288. The summed E-state index contributed by atoms with van der Waals surface area (Å²) in [6, 6.07) is 4.98. The Morgan fingerprint density at radius 2 is 2.17 bits per heavy atom. The highest BCUT2D eigenvalue weighted by Gasteiger charge is 2.23. The molecule has 134 valence electrons. The Morgan fingerprint density at radius 3 is 2.75 bits per heavy atom. The maximum absolute atomic E-state index is 12.2. The van der Waals surface area contributed by atoms with Gasteiger partial charge in [0.05, 0.1) is 18.9 Å². The number of hydrogen-bond donors (Lipinski definition) is 2. The molecule has 1 unspecified atom stereocenters. The average molecular weight is 358 g/mol. The molecule has 1 aromatic rings. The molecule has 24 heavy (non-hydrogen) atoms. The summed E-state index contributed by atoms with van der Waals surface area (Å²) in [5, 5.41) is 5.92. The molecule has 1 atom stereocenters. The van der Waals surface area contributed by atoms with Gasteiger partial charge in [0, 0.05) is 32.7 Å². The van der Waals surface area contributed by atoms with Crippen molar-refractivity contribution >= 4 is 29.9 Å². The van der Waals surface area contributed by atoms with Gasteiger partial charge < -0.3 is 25.0 Å². The third-order valence-corrected chi connectivity index (χ3v) is 3.41. The fourth-order valence-corrected chi connectivity index (χ4v) is 2.24. The zero-order valence-corrected chi connectivity index (χ0v) is 14.9. The number of rotatable bonds is 5. The summed E-state index contributed by atoms with van der Waals surface area (Å²) in [6.45, 7) is 4.01. The third-order valence-electron chi connectivity index (χ3n) is 3.41. The molecular formula is C16H24ClN3O4. The molecular weight excluding hydrogens is 334 g/mol. The van der Waals surface area contributed by atoms with Crippen LogP contribution in [0.4, 0.5) is 5.69 Å². The number of nitrogens with one attached hydrogen (secondary N) is 2. The third kappa shape index (κ3) is 5.09. The smallest absolute Gasteiger partial charge is 0.254 e. The van der Waals surface area contributed by atoms with Crippen molar-refractivity contribution in [3.63, 3.8) is 0 Å². The minimum atomic E-state index is -0.527. The monoisotopic (exact) mass is 357 g/mol. The molecule has 7 nitrogen and oxygen atoms in total. The first-order valence-electron chi connectivity index (χ1n) is 7.64. The van der Waals surface area contributed by atoms with Crippen LogP contribution in [0.3, 0.4) is 0 Å². The van der Waals surface area contributed by atoms with Crippen LogP contribution in [0, 0.1) is 0 Å². The van der Waals surface area contributed by atoms with Crippen LogP contribution in [0.1, 0.15) is 17.3 Å². The highest BCUT2D eigenvalue weighted by molar-refractivity contribution is 5.98. The minimum Gasteiger partial charge on any atom is -0.492 e. The summed E-state index contributed by atoms with van der Waals surface area (Å²) in [5.41, 5.74) is 1.04. The van der Waals surface area contributed by atoms with Crippen LogP contribution in [0.5, 0.6) is 5.75 Å². The standard InChI is InChI=1S/C16H23N3O4.ClH/c1-4-22-13-9-11(16(21)19(2)3)5-6-12(13)18-15(20)14-10-17-7-8-23-14;/h5-6,9,14,17H,4,7-8,10H2,1-3H3,(H,18,20);1H. The van der Waals surface area contributed by atoms with E-state index in [0.717, 1.165) is 6.54 Å². The molecule has 0 radical (unpaired) electrons. The first-order valence-corrected chi connectivity index (χ1v) is 7.64. The van der Waals surface area contributed by atoms with Crippen LogP contribution in [0.25, 0.3) is 0 Å². The van der Waals surface area contributed by atoms with E-state index in [4.69, 9.17) is 9.47 Å². The predicted octanol–water partition coefficient (Wildman–Crippen LogP) is 1.14. The Hall–Kier alpha value is -1.83. The molecule has 0 aliphatic carbocycles. The van der Waals surface area contributed by atoms with E-state index in [-0.39, 0.29) is 24.2 Å². The zero-order chi connectivity index (χ0) is 16.8. The van der Waals surface area contributed by atoms with Crippen LogP contribution < -0.4 is 15.4 Å². The summed E-state index contributed by atoms with van der Waals surface area (Å²) >= 11 is 0. The number of benzene rings is 1. The first-order chi connectivity index (χ1) is 11.0. The van der Waals surface area contributed by atoms with Gasteiger partial charge in [0.2, 0.25) is 0 Å². The van der Waals surface area contributed by atoms with Crippen LogP contribution in [-0.4, -0.2) is 63.2 Å². The number of nitrogens with zero attached hydrogens (tertiary/aromatic N) is 1. The molecule has 1 saturated heterocycles. The molecule has 8 heteroatoms. The fraction of sp³-hybridized carbons (Fsp3) is 0.500. The second-order valence-electron chi connectivity index (χ2n) is 5.40. The van der Waals surface area contributed by atoms with Crippen LogP contribution in [0.15, 0.2) is 18.2 Å². The van der Waals surface area contributed by atoms with E-state index in [1.54, 1.807) is 32.3 Å². The van der Waals surface area contributed by atoms with Crippen LogP contribution in [0.2, 0.25) is 0 Å². The Bertz CT molecular complexity index is 574. The molecule has 2 rings (SSSR count). The number of ether oxygens (including phenoxy) is 2. The van der Waals surface area contributed by atoms with E-state index >= 15 is 0 Å². The van der Waals surface area contributed by atoms with Crippen molar-refractivity contribution in [2.45, 2.75) is 13.0 Å². The number of hydrogen-bond acceptors (Lipinski definition) is 5. The molecule has 0 bridgehead atoms. The lowest BCUT2D eigenvalue weighted by Crippen LogP contribution is -2.45.